The fourth-order valence-corrected chi connectivity index (χ4v) is 4.31. The van der Waals surface area contributed by atoms with Gasteiger partial charge in [-0.25, -0.2) is 0 Å². The molecule has 1 aliphatic carbocycles. The van der Waals surface area contributed by atoms with E-state index in [1.54, 1.807) is 11.8 Å². The fraction of sp³-hybridized carbons (Fsp3) is 0.294. The van der Waals surface area contributed by atoms with Gasteiger partial charge in [-0.2, -0.15) is 14.9 Å². The summed E-state index contributed by atoms with van der Waals surface area (Å²) in [6.07, 6.45) is 3.28. The fourth-order valence-electron chi connectivity index (χ4n) is 3.39. The first-order chi connectivity index (χ1) is 11.8. The zero-order valence-electron chi connectivity index (χ0n) is 13.2. The molecule has 1 aromatic carbocycles. The monoisotopic (exact) mass is 336 g/mol. The number of aryl methyl sites for hydroxylation is 1. The Hall–Kier alpha value is -2.41. The van der Waals surface area contributed by atoms with E-state index in [0.29, 0.717) is 0 Å². The molecule has 0 fully saturated rings. The summed E-state index contributed by atoms with van der Waals surface area (Å²) in [5, 5.41) is 22.3. The maximum absolute atomic E-state index is 4.87. The van der Waals surface area contributed by atoms with E-state index >= 15 is 0 Å². The van der Waals surface area contributed by atoms with E-state index in [4.69, 9.17) is 5.10 Å². The van der Waals surface area contributed by atoms with Gasteiger partial charge in [-0.05, 0) is 31.7 Å². The molecule has 1 aliphatic heterocycles. The normalized spacial score (nSPS) is 19.0. The highest BCUT2D eigenvalue weighted by molar-refractivity contribution is 8.00. The summed E-state index contributed by atoms with van der Waals surface area (Å²) in [6, 6.07) is 10.3. The summed E-state index contributed by atoms with van der Waals surface area (Å²) >= 11 is 1.69. The summed E-state index contributed by atoms with van der Waals surface area (Å²) < 4.78 is 1.85. The van der Waals surface area contributed by atoms with Crippen LogP contribution in [-0.2, 0) is 12.8 Å². The number of rotatable bonds is 2. The summed E-state index contributed by atoms with van der Waals surface area (Å²) in [4.78, 5) is 0. The van der Waals surface area contributed by atoms with Crippen LogP contribution in [0.5, 0.6) is 0 Å². The van der Waals surface area contributed by atoms with Gasteiger partial charge >= 0.3 is 0 Å². The molecule has 2 aromatic heterocycles. The SMILES string of the molecule is CC1Sc2nnc(-c3n[nH]c4c3CCC4)n2N=C1c1ccccc1. The lowest BCUT2D eigenvalue weighted by atomic mass is 10.1. The Morgan fingerprint density at radius 3 is 2.92 bits per heavy atom. The summed E-state index contributed by atoms with van der Waals surface area (Å²) in [7, 11) is 0. The van der Waals surface area contributed by atoms with Gasteiger partial charge in [0.05, 0.1) is 11.0 Å². The molecule has 6 nitrogen and oxygen atoms in total. The summed E-state index contributed by atoms with van der Waals surface area (Å²) in [6.45, 7) is 2.15. The maximum atomic E-state index is 4.87. The van der Waals surface area contributed by atoms with Gasteiger partial charge in [0.2, 0.25) is 11.0 Å². The number of fused-ring (bicyclic) bond motifs is 2. The molecule has 24 heavy (non-hydrogen) atoms. The van der Waals surface area contributed by atoms with Crippen molar-refractivity contribution in [2.24, 2.45) is 5.10 Å². The quantitative estimate of drug-likeness (QED) is 0.781. The van der Waals surface area contributed by atoms with Crippen molar-refractivity contribution < 1.29 is 0 Å². The minimum absolute atomic E-state index is 0.238. The Labute approximate surface area is 143 Å². The molecule has 0 radical (unpaired) electrons. The van der Waals surface area contributed by atoms with Crippen molar-refractivity contribution in [1.29, 1.82) is 0 Å². The molecule has 0 bridgehead atoms. The first-order valence-corrected chi connectivity index (χ1v) is 9.02. The number of aromatic amines is 1. The standard InChI is InChI=1S/C17H16N6S/c1-10-14(11-6-3-2-4-7-11)22-23-16(20-21-17(23)24-10)15-12-8-5-9-13(12)18-19-15/h2-4,6-7,10H,5,8-9H2,1H3,(H,18,19). The highest BCUT2D eigenvalue weighted by Crippen LogP contribution is 2.35. The number of H-pyrrole nitrogens is 1. The van der Waals surface area contributed by atoms with Crippen LogP contribution in [0.15, 0.2) is 40.6 Å². The lowest BCUT2D eigenvalue weighted by molar-refractivity contribution is 0.750. The second-order valence-corrected chi connectivity index (χ2v) is 7.42. The van der Waals surface area contributed by atoms with Gasteiger partial charge in [-0.3, -0.25) is 5.10 Å². The molecule has 0 saturated heterocycles. The Bertz CT molecular complexity index is 939. The second-order valence-electron chi connectivity index (χ2n) is 6.11. The molecule has 3 heterocycles. The number of benzene rings is 1. The molecule has 5 rings (SSSR count). The number of aromatic nitrogens is 5. The third kappa shape index (κ3) is 2.04. The molecular formula is C17H16N6S. The van der Waals surface area contributed by atoms with E-state index in [0.717, 1.165) is 40.8 Å². The van der Waals surface area contributed by atoms with Crippen LogP contribution in [0.25, 0.3) is 11.5 Å². The second kappa shape index (κ2) is 5.31. The number of thioether (sulfide) groups is 1. The van der Waals surface area contributed by atoms with Gasteiger partial charge < -0.3 is 0 Å². The summed E-state index contributed by atoms with van der Waals surface area (Å²) in [5.74, 6) is 0.734. The van der Waals surface area contributed by atoms with Gasteiger partial charge in [0.15, 0.2) is 0 Å². The van der Waals surface area contributed by atoms with E-state index in [-0.39, 0.29) is 5.25 Å². The van der Waals surface area contributed by atoms with Gasteiger partial charge in [0.25, 0.3) is 0 Å². The number of hydrogen-bond acceptors (Lipinski definition) is 5. The van der Waals surface area contributed by atoms with Crippen LogP contribution in [0, 0.1) is 0 Å². The first-order valence-electron chi connectivity index (χ1n) is 8.14. The molecule has 0 amide bonds. The van der Waals surface area contributed by atoms with Crippen molar-refractivity contribution in [1.82, 2.24) is 25.1 Å². The number of nitrogens with zero attached hydrogens (tertiary/aromatic N) is 5. The number of hydrogen-bond donors (Lipinski definition) is 1. The topological polar surface area (TPSA) is 71.8 Å². The van der Waals surface area contributed by atoms with Crippen LogP contribution in [0.2, 0.25) is 0 Å². The lowest BCUT2D eigenvalue weighted by Crippen LogP contribution is -2.21. The molecule has 1 unspecified atom stereocenters. The smallest absolute Gasteiger partial charge is 0.213 e. The Kier molecular flexibility index (Phi) is 3.09. The molecule has 120 valence electrons. The zero-order valence-corrected chi connectivity index (χ0v) is 14.0. The van der Waals surface area contributed by atoms with Crippen molar-refractivity contribution in [2.45, 2.75) is 36.6 Å². The predicted molar refractivity (Wildman–Crippen MR) is 93.3 cm³/mol. The van der Waals surface area contributed by atoms with E-state index in [1.807, 2.05) is 22.9 Å². The van der Waals surface area contributed by atoms with Crippen LogP contribution in [0.3, 0.4) is 0 Å². The van der Waals surface area contributed by atoms with Crippen LogP contribution in [-0.4, -0.2) is 36.0 Å². The Morgan fingerprint density at radius 1 is 1.17 bits per heavy atom. The molecule has 3 aromatic rings. The highest BCUT2D eigenvalue weighted by atomic mass is 32.2. The Morgan fingerprint density at radius 2 is 2.04 bits per heavy atom. The van der Waals surface area contributed by atoms with Crippen LogP contribution < -0.4 is 0 Å². The molecular weight excluding hydrogens is 320 g/mol. The maximum Gasteiger partial charge on any atom is 0.213 e. The van der Waals surface area contributed by atoms with Crippen LogP contribution in [0.1, 0.15) is 30.2 Å². The van der Waals surface area contributed by atoms with E-state index in [9.17, 15) is 0 Å². The molecule has 1 N–H and O–H groups in total. The average molecular weight is 336 g/mol. The minimum atomic E-state index is 0.238. The van der Waals surface area contributed by atoms with Gasteiger partial charge in [-0.1, -0.05) is 42.1 Å². The van der Waals surface area contributed by atoms with Crippen molar-refractivity contribution in [2.75, 3.05) is 0 Å². The molecule has 1 atom stereocenters. The van der Waals surface area contributed by atoms with Gasteiger partial charge in [-0.15, -0.1) is 10.2 Å². The number of nitrogens with one attached hydrogen (secondary N) is 1. The Balaban J connectivity index is 1.65. The third-order valence-corrected chi connectivity index (χ3v) is 5.62. The van der Waals surface area contributed by atoms with Crippen molar-refractivity contribution >= 4 is 17.5 Å². The summed E-state index contributed by atoms with van der Waals surface area (Å²) in [5.41, 5.74) is 5.57. The van der Waals surface area contributed by atoms with Crippen molar-refractivity contribution in [3.8, 4) is 11.5 Å². The lowest BCUT2D eigenvalue weighted by Gasteiger charge is -2.19. The van der Waals surface area contributed by atoms with E-state index in [2.05, 4.69) is 39.5 Å². The zero-order chi connectivity index (χ0) is 16.1. The first kappa shape index (κ1) is 14.0. The van der Waals surface area contributed by atoms with Crippen molar-refractivity contribution in [3.05, 3.63) is 47.2 Å². The van der Waals surface area contributed by atoms with Gasteiger partial charge in [0, 0.05) is 11.3 Å². The predicted octanol–water partition coefficient (Wildman–Crippen LogP) is 2.90. The molecule has 7 heteroatoms. The molecule has 0 spiro atoms. The molecule has 0 saturated carbocycles. The van der Waals surface area contributed by atoms with E-state index in [1.165, 1.54) is 17.7 Å². The van der Waals surface area contributed by atoms with Crippen LogP contribution >= 0.6 is 11.8 Å². The third-order valence-electron chi connectivity index (χ3n) is 4.57. The van der Waals surface area contributed by atoms with Crippen LogP contribution in [0.4, 0.5) is 0 Å². The van der Waals surface area contributed by atoms with Crippen molar-refractivity contribution in [3.63, 3.8) is 0 Å². The average Bonchev–Trinajstić information content (AvgIpc) is 3.30. The largest absolute Gasteiger partial charge is 0.282 e. The minimum Gasteiger partial charge on any atom is -0.282 e. The highest BCUT2D eigenvalue weighted by Gasteiger charge is 2.29. The van der Waals surface area contributed by atoms with Gasteiger partial charge in [0.1, 0.15) is 5.69 Å². The molecule has 2 aliphatic rings. The van der Waals surface area contributed by atoms with E-state index < -0.39 is 0 Å².